The number of piperazine rings is 1. The summed E-state index contributed by atoms with van der Waals surface area (Å²) in [6.07, 6.45) is 2.78. The molecule has 2 aliphatic heterocycles. The average molecular weight is 267 g/mol. The van der Waals surface area contributed by atoms with Gasteiger partial charge in [-0.05, 0) is 60.0 Å². The van der Waals surface area contributed by atoms with Gasteiger partial charge in [0.25, 0.3) is 0 Å². The number of nitrogens with zero attached hydrogens (tertiary/aromatic N) is 3. The van der Waals surface area contributed by atoms with Crippen molar-refractivity contribution in [3.05, 3.63) is 0 Å². The van der Waals surface area contributed by atoms with Crippen LogP contribution in [0.25, 0.3) is 0 Å². The Balaban J connectivity index is 1.76. The third-order valence-electron chi connectivity index (χ3n) is 5.07. The van der Waals surface area contributed by atoms with Gasteiger partial charge in [-0.1, -0.05) is 0 Å². The molecule has 0 N–H and O–H groups in total. The van der Waals surface area contributed by atoms with Gasteiger partial charge in [-0.3, -0.25) is 9.80 Å². The first-order valence-electron chi connectivity index (χ1n) is 8.04. The van der Waals surface area contributed by atoms with Crippen LogP contribution in [0.3, 0.4) is 0 Å². The van der Waals surface area contributed by atoms with Crippen LogP contribution in [-0.4, -0.2) is 72.6 Å². The molecule has 2 unspecified atom stereocenters. The molecule has 2 heterocycles. The molecule has 112 valence electrons. The van der Waals surface area contributed by atoms with Crippen molar-refractivity contribution in [1.82, 2.24) is 14.7 Å². The molecule has 3 heteroatoms. The van der Waals surface area contributed by atoms with Crippen molar-refractivity contribution in [1.29, 1.82) is 0 Å². The van der Waals surface area contributed by atoms with E-state index >= 15 is 0 Å². The second-order valence-corrected chi connectivity index (χ2v) is 7.70. The lowest BCUT2D eigenvalue weighted by molar-refractivity contribution is 0.103. The Hall–Kier alpha value is -0.120. The fourth-order valence-electron chi connectivity index (χ4n) is 3.53. The van der Waals surface area contributed by atoms with Crippen molar-refractivity contribution in [2.24, 2.45) is 5.92 Å². The van der Waals surface area contributed by atoms with E-state index in [4.69, 9.17) is 0 Å². The van der Waals surface area contributed by atoms with Gasteiger partial charge in [-0.25, -0.2) is 0 Å². The monoisotopic (exact) mass is 267 g/mol. The minimum atomic E-state index is 0.353. The minimum Gasteiger partial charge on any atom is -0.304 e. The molecular formula is C16H33N3. The van der Waals surface area contributed by atoms with E-state index in [1.807, 2.05) is 0 Å². The van der Waals surface area contributed by atoms with Crippen LogP contribution in [0.4, 0.5) is 0 Å². The van der Waals surface area contributed by atoms with E-state index in [0.717, 1.165) is 12.0 Å². The molecule has 19 heavy (non-hydrogen) atoms. The summed E-state index contributed by atoms with van der Waals surface area (Å²) < 4.78 is 0. The Bertz CT molecular complexity index is 276. The van der Waals surface area contributed by atoms with Crippen LogP contribution in [0, 0.1) is 5.92 Å². The van der Waals surface area contributed by atoms with Crippen molar-refractivity contribution in [2.45, 2.75) is 52.1 Å². The maximum atomic E-state index is 2.69. The highest BCUT2D eigenvalue weighted by atomic mass is 15.3. The molecule has 0 aromatic rings. The lowest BCUT2D eigenvalue weighted by atomic mass is 9.98. The Kier molecular flexibility index (Phi) is 4.91. The predicted molar refractivity (Wildman–Crippen MR) is 82.6 cm³/mol. The van der Waals surface area contributed by atoms with E-state index in [-0.39, 0.29) is 0 Å². The molecule has 0 aliphatic carbocycles. The van der Waals surface area contributed by atoms with Gasteiger partial charge >= 0.3 is 0 Å². The summed E-state index contributed by atoms with van der Waals surface area (Å²) in [4.78, 5) is 7.80. The van der Waals surface area contributed by atoms with Crippen molar-refractivity contribution in [2.75, 3.05) is 46.3 Å². The van der Waals surface area contributed by atoms with Gasteiger partial charge in [0, 0.05) is 44.3 Å². The molecule has 0 aromatic heterocycles. The molecule has 2 rings (SSSR count). The zero-order valence-corrected chi connectivity index (χ0v) is 13.7. The highest BCUT2D eigenvalue weighted by Crippen LogP contribution is 2.28. The SMILES string of the molecule is CC(CC1CCN(C(C)(C)C)C1)N1CCN(C)CC1. The summed E-state index contributed by atoms with van der Waals surface area (Å²) in [6, 6.07) is 0.763. The summed E-state index contributed by atoms with van der Waals surface area (Å²) in [5, 5.41) is 0. The van der Waals surface area contributed by atoms with Crippen LogP contribution in [0.1, 0.15) is 40.5 Å². The second kappa shape index (κ2) is 6.11. The Labute approximate surface area is 119 Å². The number of hydrogen-bond acceptors (Lipinski definition) is 3. The highest BCUT2D eigenvalue weighted by molar-refractivity contribution is 4.87. The molecular weight excluding hydrogens is 234 g/mol. The van der Waals surface area contributed by atoms with E-state index in [2.05, 4.69) is 49.4 Å². The van der Waals surface area contributed by atoms with E-state index < -0.39 is 0 Å². The third kappa shape index (κ3) is 4.17. The first kappa shape index (κ1) is 15.3. The van der Waals surface area contributed by atoms with Gasteiger partial charge in [-0.2, -0.15) is 0 Å². The molecule has 0 saturated carbocycles. The quantitative estimate of drug-likeness (QED) is 0.775. The molecule has 3 nitrogen and oxygen atoms in total. The molecule has 0 bridgehead atoms. The maximum absolute atomic E-state index is 2.69. The van der Waals surface area contributed by atoms with Crippen LogP contribution >= 0.6 is 0 Å². The first-order valence-corrected chi connectivity index (χ1v) is 8.04. The standard InChI is InChI=1S/C16H33N3/c1-14(18-10-8-17(5)9-11-18)12-15-6-7-19(13-15)16(2,3)4/h14-15H,6-13H2,1-5H3. The lowest BCUT2D eigenvalue weighted by Gasteiger charge is -2.37. The lowest BCUT2D eigenvalue weighted by Crippen LogP contribution is -2.48. The normalized spacial score (nSPS) is 29.8. The molecule has 2 aliphatic rings. The van der Waals surface area contributed by atoms with Crippen LogP contribution in [0.2, 0.25) is 0 Å². The molecule has 2 saturated heterocycles. The molecule has 2 fully saturated rings. The second-order valence-electron chi connectivity index (χ2n) is 7.70. The van der Waals surface area contributed by atoms with Crippen LogP contribution in [0.15, 0.2) is 0 Å². The smallest absolute Gasteiger partial charge is 0.0125 e. The van der Waals surface area contributed by atoms with Gasteiger partial charge in [0.05, 0.1) is 0 Å². The summed E-state index contributed by atoms with van der Waals surface area (Å²) in [5.74, 6) is 0.911. The largest absolute Gasteiger partial charge is 0.304 e. The fraction of sp³-hybridized carbons (Fsp3) is 1.00. The van der Waals surface area contributed by atoms with Crippen molar-refractivity contribution in [3.63, 3.8) is 0 Å². The van der Waals surface area contributed by atoms with Crippen LogP contribution < -0.4 is 0 Å². The van der Waals surface area contributed by atoms with Crippen molar-refractivity contribution >= 4 is 0 Å². The molecule has 0 aromatic carbocycles. The zero-order chi connectivity index (χ0) is 14.0. The maximum Gasteiger partial charge on any atom is 0.0125 e. The summed E-state index contributed by atoms with van der Waals surface area (Å²) in [6.45, 7) is 17.1. The topological polar surface area (TPSA) is 9.72 Å². The molecule has 0 spiro atoms. The average Bonchev–Trinajstić information content (AvgIpc) is 2.78. The summed E-state index contributed by atoms with van der Waals surface area (Å²) in [5.41, 5.74) is 0.353. The molecule has 0 amide bonds. The van der Waals surface area contributed by atoms with E-state index in [1.54, 1.807) is 0 Å². The Morgan fingerprint density at radius 3 is 2.21 bits per heavy atom. The van der Waals surface area contributed by atoms with Gasteiger partial charge in [-0.15, -0.1) is 0 Å². The van der Waals surface area contributed by atoms with Gasteiger partial charge in [0.15, 0.2) is 0 Å². The van der Waals surface area contributed by atoms with E-state index in [1.165, 1.54) is 52.1 Å². The number of likely N-dealkylation sites (tertiary alicyclic amines) is 1. The first-order chi connectivity index (χ1) is 8.86. The van der Waals surface area contributed by atoms with Crippen molar-refractivity contribution in [3.8, 4) is 0 Å². The van der Waals surface area contributed by atoms with E-state index in [9.17, 15) is 0 Å². The predicted octanol–water partition coefficient (Wildman–Crippen LogP) is 2.13. The van der Waals surface area contributed by atoms with E-state index in [0.29, 0.717) is 5.54 Å². The Morgan fingerprint density at radius 1 is 1.05 bits per heavy atom. The fourth-order valence-corrected chi connectivity index (χ4v) is 3.53. The minimum absolute atomic E-state index is 0.353. The third-order valence-corrected chi connectivity index (χ3v) is 5.07. The highest BCUT2D eigenvalue weighted by Gasteiger charge is 2.31. The summed E-state index contributed by atoms with van der Waals surface area (Å²) >= 11 is 0. The van der Waals surface area contributed by atoms with Gasteiger partial charge in [0.1, 0.15) is 0 Å². The molecule has 2 atom stereocenters. The Morgan fingerprint density at radius 2 is 1.68 bits per heavy atom. The van der Waals surface area contributed by atoms with Crippen LogP contribution in [-0.2, 0) is 0 Å². The van der Waals surface area contributed by atoms with Gasteiger partial charge in [0.2, 0.25) is 0 Å². The summed E-state index contributed by atoms with van der Waals surface area (Å²) in [7, 11) is 2.24. The zero-order valence-electron chi connectivity index (χ0n) is 13.7. The number of rotatable bonds is 3. The van der Waals surface area contributed by atoms with Gasteiger partial charge < -0.3 is 4.90 Å². The van der Waals surface area contributed by atoms with Crippen molar-refractivity contribution < 1.29 is 0 Å². The number of likely N-dealkylation sites (N-methyl/N-ethyl adjacent to an activating group) is 1. The number of hydrogen-bond donors (Lipinski definition) is 0. The molecule has 0 radical (unpaired) electrons. The van der Waals surface area contributed by atoms with Crippen LogP contribution in [0.5, 0.6) is 0 Å².